The molecule has 2 unspecified atom stereocenters. The molecule has 4 heteroatoms. The standard InChI is InChI=1S/C14H16ClNOS/c1-8-3-5-12(17-8)9(2)16-11-4-6-13-10(11)7-14(15)18-13/h3,5,7,9,11,16H,4,6H2,1-2H3. The Labute approximate surface area is 116 Å². The molecular weight excluding hydrogens is 266 g/mol. The fourth-order valence-electron chi connectivity index (χ4n) is 2.57. The molecule has 0 aromatic carbocycles. The molecular formula is C14H16ClNOS. The lowest BCUT2D eigenvalue weighted by atomic mass is 10.1. The third-order valence-corrected chi connectivity index (χ3v) is 4.83. The van der Waals surface area contributed by atoms with Crippen LogP contribution in [-0.4, -0.2) is 0 Å². The van der Waals surface area contributed by atoms with Crippen molar-refractivity contribution >= 4 is 22.9 Å². The van der Waals surface area contributed by atoms with E-state index in [9.17, 15) is 0 Å². The van der Waals surface area contributed by atoms with E-state index >= 15 is 0 Å². The van der Waals surface area contributed by atoms with Gasteiger partial charge >= 0.3 is 0 Å². The van der Waals surface area contributed by atoms with Crippen molar-refractivity contribution in [3.63, 3.8) is 0 Å². The van der Waals surface area contributed by atoms with Gasteiger partial charge in [-0.1, -0.05) is 11.6 Å². The summed E-state index contributed by atoms with van der Waals surface area (Å²) in [4.78, 5) is 1.43. The SMILES string of the molecule is Cc1ccc(C(C)NC2CCc3sc(Cl)cc32)o1. The van der Waals surface area contributed by atoms with Gasteiger partial charge in [0.15, 0.2) is 0 Å². The molecule has 0 spiro atoms. The van der Waals surface area contributed by atoms with Crippen molar-refractivity contribution in [3.8, 4) is 0 Å². The topological polar surface area (TPSA) is 25.2 Å². The Morgan fingerprint density at radius 1 is 1.50 bits per heavy atom. The molecule has 2 atom stereocenters. The molecule has 3 rings (SSSR count). The number of halogens is 1. The van der Waals surface area contributed by atoms with Crippen LogP contribution in [0.15, 0.2) is 22.6 Å². The Balaban J connectivity index is 1.74. The Hall–Kier alpha value is -0.770. The Morgan fingerprint density at radius 2 is 2.33 bits per heavy atom. The molecule has 2 heterocycles. The van der Waals surface area contributed by atoms with Crippen LogP contribution in [0.4, 0.5) is 0 Å². The molecule has 96 valence electrons. The van der Waals surface area contributed by atoms with Gasteiger partial charge in [-0.05, 0) is 50.5 Å². The maximum atomic E-state index is 6.07. The minimum absolute atomic E-state index is 0.230. The maximum Gasteiger partial charge on any atom is 0.120 e. The quantitative estimate of drug-likeness (QED) is 0.886. The number of hydrogen-bond acceptors (Lipinski definition) is 3. The lowest BCUT2D eigenvalue weighted by Gasteiger charge is -2.18. The summed E-state index contributed by atoms with van der Waals surface area (Å²) >= 11 is 7.78. The number of rotatable bonds is 3. The molecule has 1 aliphatic rings. The summed E-state index contributed by atoms with van der Waals surface area (Å²) in [6, 6.07) is 6.79. The monoisotopic (exact) mass is 281 g/mol. The molecule has 2 aromatic rings. The fourth-order valence-corrected chi connectivity index (χ4v) is 3.93. The van der Waals surface area contributed by atoms with Crippen LogP contribution in [0.25, 0.3) is 0 Å². The second-order valence-corrected chi connectivity index (χ2v) is 6.63. The molecule has 0 fully saturated rings. The summed E-state index contributed by atoms with van der Waals surface area (Å²) in [5.41, 5.74) is 1.38. The van der Waals surface area contributed by atoms with E-state index in [-0.39, 0.29) is 6.04 Å². The molecule has 0 bridgehead atoms. The number of hydrogen-bond donors (Lipinski definition) is 1. The van der Waals surface area contributed by atoms with E-state index in [4.69, 9.17) is 16.0 Å². The predicted molar refractivity (Wildman–Crippen MR) is 75.4 cm³/mol. The highest BCUT2D eigenvalue weighted by Crippen LogP contribution is 2.40. The average molecular weight is 282 g/mol. The lowest BCUT2D eigenvalue weighted by molar-refractivity contribution is 0.382. The summed E-state index contributed by atoms with van der Waals surface area (Å²) in [5.74, 6) is 1.96. The van der Waals surface area contributed by atoms with Crippen molar-refractivity contribution < 1.29 is 4.42 Å². The Kier molecular flexibility index (Phi) is 3.22. The van der Waals surface area contributed by atoms with Crippen LogP contribution in [0.2, 0.25) is 4.34 Å². The number of nitrogens with one attached hydrogen (secondary N) is 1. The van der Waals surface area contributed by atoms with Crippen molar-refractivity contribution in [1.82, 2.24) is 5.32 Å². The van der Waals surface area contributed by atoms with Crippen LogP contribution in [-0.2, 0) is 6.42 Å². The van der Waals surface area contributed by atoms with E-state index in [2.05, 4.69) is 18.3 Å². The predicted octanol–water partition coefficient (Wildman–Crippen LogP) is 4.64. The first-order valence-electron chi connectivity index (χ1n) is 6.24. The zero-order valence-electron chi connectivity index (χ0n) is 10.5. The van der Waals surface area contributed by atoms with E-state index in [1.807, 2.05) is 19.1 Å². The summed E-state index contributed by atoms with van der Waals surface area (Å²) in [7, 11) is 0. The van der Waals surface area contributed by atoms with E-state index in [0.717, 1.165) is 28.7 Å². The molecule has 0 amide bonds. The van der Waals surface area contributed by atoms with Gasteiger partial charge < -0.3 is 9.73 Å². The van der Waals surface area contributed by atoms with Gasteiger partial charge in [-0.2, -0.15) is 0 Å². The van der Waals surface area contributed by atoms with E-state index in [1.165, 1.54) is 10.4 Å². The second kappa shape index (κ2) is 4.72. The van der Waals surface area contributed by atoms with Crippen LogP contribution in [0.1, 0.15) is 47.4 Å². The third kappa shape index (κ3) is 2.22. The van der Waals surface area contributed by atoms with Gasteiger partial charge in [0.25, 0.3) is 0 Å². The van der Waals surface area contributed by atoms with Gasteiger partial charge in [-0.15, -0.1) is 11.3 Å². The zero-order valence-corrected chi connectivity index (χ0v) is 12.1. The summed E-state index contributed by atoms with van der Waals surface area (Å²) in [6.45, 7) is 4.12. The minimum Gasteiger partial charge on any atom is -0.465 e. The van der Waals surface area contributed by atoms with Crippen LogP contribution < -0.4 is 5.32 Å². The lowest BCUT2D eigenvalue weighted by Crippen LogP contribution is -2.22. The highest BCUT2D eigenvalue weighted by molar-refractivity contribution is 7.16. The van der Waals surface area contributed by atoms with Crippen molar-refractivity contribution in [2.45, 2.75) is 38.8 Å². The van der Waals surface area contributed by atoms with Crippen molar-refractivity contribution in [2.24, 2.45) is 0 Å². The first-order valence-corrected chi connectivity index (χ1v) is 7.43. The molecule has 2 aromatic heterocycles. The Bertz CT molecular complexity index is 560. The zero-order chi connectivity index (χ0) is 12.7. The first kappa shape index (κ1) is 12.3. The van der Waals surface area contributed by atoms with Gasteiger partial charge in [0, 0.05) is 10.9 Å². The highest BCUT2D eigenvalue weighted by Gasteiger charge is 2.26. The number of furan rings is 1. The fraction of sp³-hybridized carbons (Fsp3) is 0.429. The van der Waals surface area contributed by atoms with E-state index in [0.29, 0.717) is 6.04 Å². The maximum absolute atomic E-state index is 6.07. The number of thiophene rings is 1. The average Bonchev–Trinajstić information content (AvgIpc) is 2.97. The van der Waals surface area contributed by atoms with Crippen molar-refractivity contribution in [2.75, 3.05) is 0 Å². The van der Waals surface area contributed by atoms with Crippen molar-refractivity contribution in [3.05, 3.63) is 44.5 Å². The number of fused-ring (bicyclic) bond motifs is 1. The smallest absolute Gasteiger partial charge is 0.120 e. The first-order chi connectivity index (χ1) is 8.63. The number of aryl methyl sites for hydroxylation is 2. The summed E-state index contributed by atoms with van der Waals surface area (Å²) < 4.78 is 6.56. The van der Waals surface area contributed by atoms with Crippen LogP contribution >= 0.6 is 22.9 Å². The van der Waals surface area contributed by atoms with Gasteiger partial charge in [0.2, 0.25) is 0 Å². The third-order valence-electron chi connectivity index (χ3n) is 3.49. The Morgan fingerprint density at radius 3 is 3.06 bits per heavy atom. The van der Waals surface area contributed by atoms with Crippen LogP contribution in [0.3, 0.4) is 0 Å². The van der Waals surface area contributed by atoms with E-state index in [1.54, 1.807) is 11.3 Å². The summed E-state index contributed by atoms with van der Waals surface area (Å²) in [6.07, 6.45) is 2.29. The van der Waals surface area contributed by atoms with Crippen molar-refractivity contribution in [1.29, 1.82) is 0 Å². The molecule has 2 nitrogen and oxygen atoms in total. The normalized spacial score (nSPS) is 20.1. The molecule has 0 radical (unpaired) electrons. The van der Waals surface area contributed by atoms with Gasteiger partial charge in [-0.3, -0.25) is 0 Å². The summed E-state index contributed by atoms with van der Waals surface area (Å²) in [5, 5.41) is 3.63. The largest absolute Gasteiger partial charge is 0.465 e. The molecule has 0 aliphatic heterocycles. The van der Waals surface area contributed by atoms with E-state index < -0.39 is 0 Å². The van der Waals surface area contributed by atoms with Gasteiger partial charge in [-0.25, -0.2) is 0 Å². The molecule has 0 saturated heterocycles. The second-order valence-electron chi connectivity index (χ2n) is 4.86. The van der Waals surface area contributed by atoms with Crippen LogP contribution in [0, 0.1) is 6.92 Å². The minimum atomic E-state index is 0.230. The van der Waals surface area contributed by atoms with Gasteiger partial charge in [0.1, 0.15) is 11.5 Å². The highest BCUT2D eigenvalue weighted by atomic mass is 35.5. The van der Waals surface area contributed by atoms with Crippen LogP contribution in [0.5, 0.6) is 0 Å². The van der Waals surface area contributed by atoms with Gasteiger partial charge in [0.05, 0.1) is 10.4 Å². The molecule has 0 saturated carbocycles. The molecule has 1 aliphatic carbocycles. The molecule has 1 N–H and O–H groups in total. The molecule has 18 heavy (non-hydrogen) atoms.